The number of hydrogen-bond donors (Lipinski definition) is 3. The molecule has 2 aromatic heterocycles. The summed E-state index contributed by atoms with van der Waals surface area (Å²) in [6, 6.07) is 14.8. The fraction of sp³-hybridized carbons (Fsp3) is 0.222. The van der Waals surface area contributed by atoms with Gasteiger partial charge in [-0.2, -0.15) is 4.37 Å². The van der Waals surface area contributed by atoms with Crippen LogP contribution in [0.25, 0.3) is 10.6 Å². The van der Waals surface area contributed by atoms with Crippen LogP contribution >= 0.6 is 22.9 Å². The molecular weight excluding hydrogens is 439 g/mol. The van der Waals surface area contributed by atoms with Crippen molar-refractivity contribution in [2.75, 3.05) is 0 Å². The number of aromatic nitrogens is 1. The summed E-state index contributed by atoms with van der Waals surface area (Å²) in [5.41, 5.74) is 1.78. The molecule has 1 saturated carbocycles. The molecule has 29 heavy (non-hydrogen) atoms. The van der Waals surface area contributed by atoms with E-state index in [1.165, 1.54) is 0 Å². The third kappa shape index (κ3) is 5.60. The zero-order chi connectivity index (χ0) is 21.0. The molecule has 1 aliphatic rings. The van der Waals surface area contributed by atoms with Gasteiger partial charge < -0.3 is 10.2 Å². The van der Waals surface area contributed by atoms with E-state index in [1.807, 2.05) is 30.3 Å². The van der Waals surface area contributed by atoms with Gasteiger partial charge in [0.2, 0.25) is 10.0 Å². The van der Waals surface area contributed by atoms with E-state index in [1.54, 1.807) is 18.2 Å². The molecule has 0 spiro atoms. The Balaban J connectivity index is 0.000000552. The molecular formula is C18H17FN2O5S3. The lowest BCUT2D eigenvalue weighted by molar-refractivity contribution is 0.137. The highest BCUT2D eigenvalue weighted by Crippen LogP contribution is 2.42. The smallest absolute Gasteiger partial charge is 0.450 e. The topological polar surface area (TPSA) is 117 Å². The lowest BCUT2D eigenvalue weighted by Crippen LogP contribution is -2.26. The second-order valence-electron chi connectivity index (χ2n) is 6.19. The molecule has 0 aliphatic heterocycles. The molecule has 0 unspecified atom stereocenters. The maximum Gasteiger partial charge on any atom is 0.503 e. The highest BCUT2D eigenvalue weighted by molar-refractivity contribution is 7.91. The summed E-state index contributed by atoms with van der Waals surface area (Å²) >= 11 is 2.25. The van der Waals surface area contributed by atoms with Gasteiger partial charge in [0.05, 0.1) is 15.4 Å². The van der Waals surface area contributed by atoms with Crippen LogP contribution in [0.15, 0.2) is 52.7 Å². The van der Waals surface area contributed by atoms with E-state index in [0.717, 1.165) is 39.7 Å². The first-order chi connectivity index (χ1) is 13.8. The van der Waals surface area contributed by atoms with Gasteiger partial charge in [0, 0.05) is 12.0 Å². The van der Waals surface area contributed by atoms with E-state index in [-0.39, 0.29) is 16.2 Å². The Morgan fingerprint density at radius 1 is 1.21 bits per heavy atom. The second-order valence-corrected chi connectivity index (χ2v) is 10.1. The van der Waals surface area contributed by atoms with E-state index < -0.39 is 22.9 Å². The lowest BCUT2D eigenvalue weighted by atomic mass is 10.1. The third-order valence-electron chi connectivity index (χ3n) is 4.11. The van der Waals surface area contributed by atoms with Crippen molar-refractivity contribution >= 4 is 39.0 Å². The molecule has 4 rings (SSSR count). The zero-order valence-electron chi connectivity index (χ0n) is 14.9. The van der Waals surface area contributed by atoms with Crippen molar-refractivity contribution in [3.05, 3.63) is 59.0 Å². The van der Waals surface area contributed by atoms with Gasteiger partial charge in [0.15, 0.2) is 0 Å². The van der Waals surface area contributed by atoms with Gasteiger partial charge in [0.1, 0.15) is 10.9 Å². The Bertz CT molecular complexity index is 1080. The van der Waals surface area contributed by atoms with Gasteiger partial charge in [-0.15, -0.1) is 11.3 Å². The number of carbonyl (C=O) groups is 1. The van der Waals surface area contributed by atoms with Gasteiger partial charge in [-0.1, -0.05) is 30.3 Å². The second kappa shape index (κ2) is 8.99. The number of halogens is 1. The number of thiophene rings is 1. The third-order valence-corrected chi connectivity index (χ3v) is 7.95. The molecule has 7 nitrogen and oxygen atoms in total. The van der Waals surface area contributed by atoms with Crippen LogP contribution in [0, 0.1) is 0 Å². The zero-order valence-corrected chi connectivity index (χ0v) is 17.3. The number of hydrogen-bond acceptors (Lipinski definition) is 6. The Hall–Kier alpha value is -2.34. The van der Waals surface area contributed by atoms with Crippen molar-refractivity contribution in [3.63, 3.8) is 0 Å². The predicted molar refractivity (Wildman–Crippen MR) is 109 cm³/mol. The molecule has 0 saturated heterocycles. The summed E-state index contributed by atoms with van der Waals surface area (Å²) in [7, 11) is -3.55. The van der Waals surface area contributed by atoms with E-state index >= 15 is 0 Å². The maximum absolute atomic E-state index is 12.6. The number of alkyl halides is 1. The summed E-state index contributed by atoms with van der Waals surface area (Å²) in [5, 5.41) is 13.9. The molecule has 1 aliphatic carbocycles. The largest absolute Gasteiger partial charge is 0.503 e. The lowest BCUT2D eigenvalue weighted by Gasteiger charge is -2.04. The highest BCUT2D eigenvalue weighted by Gasteiger charge is 2.41. The molecule has 0 radical (unpaired) electrons. The summed E-state index contributed by atoms with van der Waals surface area (Å²) in [5.74, 6) is 0.237. The number of rotatable bonds is 6. The van der Waals surface area contributed by atoms with Gasteiger partial charge >= 0.3 is 6.16 Å². The van der Waals surface area contributed by atoms with Gasteiger partial charge in [-0.05, 0) is 41.7 Å². The van der Waals surface area contributed by atoms with Crippen LogP contribution in [0.5, 0.6) is 0 Å². The Morgan fingerprint density at radius 3 is 2.52 bits per heavy atom. The molecule has 154 valence electrons. The molecule has 1 aromatic carbocycles. The predicted octanol–water partition coefficient (Wildman–Crippen LogP) is 4.40. The number of sulfonamides is 1. The first kappa shape index (κ1) is 21.4. The molecule has 0 bridgehead atoms. The van der Waals surface area contributed by atoms with E-state index in [0.29, 0.717) is 10.6 Å². The number of nitrogens with one attached hydrogen (secondary N) is 1. The SMILES string of the molecule is O=C(O)O.O=S(=O)(N[C@H]1C[C@@H]1c1ccccc1)c1ccc(-c2cc(CF)sn2)s1. The van der Waals surface area contributed by atoms with E-state index in [4.69, 9.17) is 15.0 Å². The average molecular weight is 457 g/mol. The van der Waals surface area contributed by atoms with Crippen molar-refractivity contribution < 1.29 is 27.8 Å². The quantitative estimate of drug-likeness (QED) is 0.506. The minimum Gasteiger partial charge on any atom is -0.450 e. The molecule has 2 heterocycles. The Kier molecular flexibility index (Phi) is 6.63. The first-order valence-corrected chi connectivity index (χ1v) is 11.5. The molecule has 3 N–H and O–H groups in total. The van der Waals surface area contributed by atoms with Crippen molar-refractivity contribution in [3.8, 4) is 10.6 Å². The minimum atomic E-state index is -3.55. The molecule has 11 heteroatoms. The van der Waals surface area contributed by atoms with Gasteiger partial charge in [-0.3, -0.25) is 0 Å². The summed E-state index contributed by atoms with van der Waals surface area (Å²) in [6.45, 7) is -0.557. The van der Waals surface area contributed by atoms with Crippen molar-refractivity contribution in [2.24, 2.45) is 0 Å². The Labute approximate surface area is 174 Å². The molecule has 1 fully saturated rings. The summed E-state index contributed by atoms with van der Waals surface area (Å²) in [6.07, 6.45) is -1.02. The van der Waals surface area contributed by atoms with E-state index in [2.05, 4.69) is 9.10 Å². The average Bonchev–Trinajstić information content (AvgIpc) is 3.10. The number of benzene rings is 1. The normalized spacial score (nSPS) is 18.0. The fourth-order valence-corrected chi connectivity index (χ4v) is 5.96. The monoisotopic (exact) mass is 456 g/mol. The summed E-state index contributed by atoms with van der Waals surface area (Å²) < 4.78 is 45.0. The molecule has 3 aromatic rings. The van der Waals surface area contributed by atoms with Crippen LogP contribution in [0.2, 0.25) is 0 Å². The first-order valence-electron chi connectivity index (χ1n) is 8.41. The standard InChI is InChI=1S/C17H15FN2O2S3.CH2O3/c18-10-12-8-15(19-24-12)16-6-7-17(23-16)25(21,22)20-14-9-13(14)11-4-2-1-3-5-11;2-1(3)4/h1-8,13-14,20H,9-10H2;(H2,2,3,4)/t13-,14+;/m1./s1. The van der Waals surface area contributed by atoms with Crippen molar-refractivity contribution in [2.45, 2.75) is 29.3 Å². The van der Waals surface area contributed by atoms with Crippen LogP contribution in [0.3, 0.4) is 0 Å². The highest BCUT2D eigenvalue weighted by atomic mass is 32.2. The van der Waals surface area contributed by atoms with Crippen LogP contribution in [-0.4, -0.2) is 35.2 Å². The molecule has 2 atom stereocenters. The van der Waals surface area contributed by atoms with Crippen molar-refractivity contribution in [1.82, 2.24) is 9.10 Å². The van der Waals surface area contributed by atoms with Crippen LogP contribution in [0.4, 0.5) is 9.18 Å². The molecule has 0 amide bonds. The van der Waals surface area contributed by atoms with E-state index in [9.17, 15) is 12.8 Å². The van der Waals surface area contributed by atoms with Gasteiger partial charge in [-0.25, -0.2) is 22.3 Å². The fourth-order valence-electron chi connectivity index (χ4n) is 2.75. The minimum absolute atomic E-state index is 0.0598. The number of carboxylic acid groups (broad SMARTS) is 2. The Morgan fingerprint density at radius 2 is 1.90 bits per heavy atom. The summed E-state index contributed by atoms with van der Waals surface area (Å²) in [4.78, 5) is 9.82. The van der Waals surface area contributed by atoms with Crippen LogP contribution < -0.4 is 4.72 Å². The van der Waals surface area contributed by atoms with Gasteiger partial charge in [0.25, 0.3) is 0 Å². The number of nitrogens with zero attached hydrogens (tertiary/aromatic N) is 1. The van der Waals surface area contributed by atoms with Crippen LogP contribution in [-0.2, 0) is 16.7 Å². The van der Waals surface area contributed by atoms with Crippen LogP contribution in [0.1, 0.15) is 22.8 Å². The van der Waals surface area contributed by atoms with Crippen molar-refractivity contribution in [1.29, 1.82) is 0 Å². The maximum atomic E-state index is 12.6.